The maximum Gasteiger partial charge on any atom is 0.0412 e. The molecule has 0 nitrogen and oxygen atoms in total. The molecule has 1 atom stereocenters. The molecule has 0 bridgehead atoms. The molecule has 0 fully saturated rings. The van der Waals surface area contributed by atoms with E-state index in [2.05, 4.69) is 26.9 Å². The molecule has 0 aromatic rings. The molecule has 0 saturated heterocycles. The fraction of sp³-hybridized carbons (Fsp3) is 1.00. The van der Waals surface area contributed by atoms with Crippen molar-refractivity contribution in [3.05, 3.63) is 0 Å². The van der Waals surface area contributed by atoms with Crippen molar-refractivity contribution < 1.29 is 32.7 Å². The summed E-state index contributed by atoms with van der Waals surface area (Å²) in [6, 6.07) is 1.51. The average Bonchev–Trinajstić information content (AvgIpc) is 1.97. The molecule has 0 saturated carbocycles. The van der Waals surface area contributed by atoms with E-state index in [1.54, 1.807) is 0 Å². The van der Waals surface area contributed by atoms with Crippen LogP contribution in [0.3, 0.4) is 0 Å². The van der Waals surface area contributed by atoms with E-state index in [1.165, 1.54) is 31.7 Å². The predicted octanol–water partition coefficient (Wildman–Crippen LogP) is 3.95. The maximum atomic E-state index is 2.41. The third kappa shape index (κ3) is 11.3. The Hall–Kier alpha value is 1.32. The fourth-order valence-corrected chi connectivity index (χ4v) is 2.13. The largest absolute Gasteiger partial charge is 0.0713 e. The standard InChI is InChI=1S/C10H23Si.Y/c1-5-10(2)8-6-7-9-11(3)4;/h10H,5-9H2,1-4H3;. The molecule has 0 N–H and O–H groups in total. The minimum Gasteiger partial charge on any atom is -0.0713 e. The summed E-state index contributed by atoms with van der Waals surface area (Å²) in [5, 5.41) is 0. The molecule has 0 aliphatic heterocycles. The van der Waals surface area contributed by atoms with Gasteiger partial charge in [0.15, 0.2) is 0 Å². The van der Waals surface area contributed by atoms with E-state index in [-0.39, 0.29) is 41.5 Å². The minimum absolute atomic E-state index is 0. The smallest absolute Gasteiger partial charge is 0.0412 e. The van der Waals surface area contributed by atoms with Gasteiger partial charge >= 0.3 is 0 Å². The third-order valence-corrected chi connectivity index (χ3v) is 3.67. The van der Waals surface area contributed by atoms with Crippen LogP contribution in [0.2, 0.25) is 19.1 Å². The summed E-state index contributed by atoms with van der Waals surface area (Å²) in [7, 11) is 0.0610. The van der Waals surface area contributed by atoms with Crippen molar-refractivity contribution in [3.63, 3.8) is 0 Å². The molecule has 0 aliphatic carbocycles. The van der Waals surface area contributed by atoms with E-state index in [0.29, 0.717) is 0 Å². The Morgan fingerprint density at radius 1 is 1.17 bits per heavy atom. The summed E-state index contributed by atoms with van der Waals surface area (Å²) in [6.45, 7) is 9.48. The molecule has 70 valence electrons. The molecule has 12 heavy (non-hydrogen) atoms. The zero-order chi connectivity index (χ0) is 8.69. The summed E-state index contributed by atoms with van der Waals surface area (Å²) in [5.41, 5.74) is 0. The summed E-state index contributed by atoms with van der Waals surface area (Å²) in [6.07, 6.45) is 5.75. The Morgan fingerprint density at radius 3 is 2.17 bits per heavy atom. The molecule has 0 rings (SSSR count). The monoisotopic (exact) mass is 260 g/mol. The Kier molecular flexibility index (Phi) is 13.7. The summed E-state index contributed by atoms with van der Waals surface area (Å²) in [4.78, 5) is 0. The molecular formula is C10H23SiY. The topological polar surface area (TPSA) is 0 Å². The third-order valence-electron chi connectivity index (χ3n) is 2.32. The van der Waals surface area contributed by atoms with Crippen LogP contribution in [0.5, 0.6) is 0 Å². The first-order valence-corrected chi connectivity index (χ1v) is 7.66. The van der Waals surface area contributed by atoms with Gasteiger partial charge < -0.3 is 0 Å². The first kappa shape index (κ1) is 15.8. The van der Waals surface area contributed by atoms with Crippen LogP contribution in [0.1, 0.15) is 39.5 Å². The molecule has 0 aliphatic rings. The second-order valence-electron chi connectivity index (χ2n) is 3.97. The van der Waals surface area contributed by atoms with Crippen molar-refractivity contribution in [2.75, 3.05) is 0 Å². The van der Waals surface area contributed by atoms with Gasteiger partial charge in [0.1, 0.15) is 0 Å². The second kappa shape index (κ2) is 10.4. The zero-order valence-electron chi connectivity index (χ0n) is 9.19. The normalized spacial score (nSPS) is 12.8. The van der Waals surface area contributed by atoms with Crippen molar-refractivity contribution in [2.45, 2.75) is 58.7 Å². The van der Waals surface area contributed by atoms with Gasteiger partial charge in [-0.2, -0.15) is 0 Å². The maximum absolute atomic E-state index is 2.41. The van der Waals surface area contributed by atoms with Gasteiger partial charge in [0, 0.05) is 41.5 Å². The van der Waals surface area contributed by atoms with Crippen LogP contribution in [-0.2, 0) is 32.7 Å². The van der Waals surface area contributed by atoms with Crippen LogP contribution >= 0.6 is 0 Å². The molecule has 0 amide bonds. The van der Waals surface area contributed by atoms with Crippen LogP contribution in [0.15, 0.2) is 0 Å². The van der Waals surface area contributed by atoms with Crippen LogP contribution in [0.4, 0.5) is 0 Å². The van der Waals surface area contributed by atoms with Crippen LogP contribution < -0.4 is 0 Å². The number of rotatable bonds is 6. The SMILES string of the molecule is CCC(C)CCCC[Si](C)C.[Y]. The molecule has 0 aromatic heterocycles. The summed E-state index contributed by atoms with van der Waals surface area (Å²) < 4.78 is 0. The van der Waals surface area contributed by atoms with Gasteiger partial charge in [0.25, 0.3) is 0 Å². The van der Waals surface area contributed by atoms with Gasteiger partial charge in [0.2, 0.25) is 0 Å². The van der Waals surface area contributed by atoms with Gasteiger partial charge in [-0.3, -0.25) is 0 Å². The van der Waals surface area contributed by atoms with Crippen molar-refractivity contribution in [3.8, 4) is 0 Å². The Labute approximate surface area is 105 Å². The van der Waals surface area contributed by atoms with Crippen molar-refractivity contribution in [1.82, 2.24) is 0 Å². The van der Waals surface area contributed by atoms with Crippen molar-refractivity contribution >= 4 is 8.80 Å². The molecule has 0 aromatic carbocycles. The zero-order valence-corrected chi connectivity index (χ0v) is 13.0. The molecule has 1 unspecified atom stereocenters. The van der Waals surface area contributed by atoms with E-state index >= 15 is 0 Å². The van der Waals surface area contributed by atoms with Gasteiger partial charge in [-0.1, -0.05) is 58.7 Å². The minimum atomic E-state index is 0. The molecular weight excluding hydrogens is 237 g/mol. The number of hydrogen-bond donors (Lipinski definition) is 0. The van der Waals surface area contributed by atoms with E-state index in [1.807, 2.05) is 0 Å². The summed E-state index contributed by atoms with van der Waals surface area (Å²) >= 11 is 0. The van der Waals surface area contributed by atoms with Crippen LogP contribution in [-0.4, -0.2) is 8.80 Å². The van der Waals surface area contributed by atoms with E-state index < -0.39 is 0 Å². The van der Waals surface area contributed by atoms with Gasteiger partial charge in [-0.05, 0) is 5.92 Å². The predicted molar refractivity (Wildman–Crippen MR) is 55.6 cm³/mol. The number of hydrogen-bond acceptors (Lipinski definition) is 0. The van der Waals surface area contributed by atoms with E-state index in [4.69, 9.17) is 0 Å². The molecule has 2 radical (unpaired) electrons. The quantitative estimate of drug-likeness (QED) is 0.501. The van der Waals surface area contributed by atoms with Crippen molar-refractivity contribution in [1.29, 1.82) is 0 Å². The summed E-state index contributed by atoms with van der Waals surface area (Å²) in [5.74, 6) is 0.958. The second-order valence-corrected chi connectivity index (χ2v) is 6.88. The molecule has 2 heteroatoms. The van der Waals surface area contributed by atoms with Gasteiger partial charge in [0.05, 0.1) is 0 Å². The Balaban J connectivity index is 0. The van der Waals surface area contributed by atoms with E-state index in [9.17, 15) is 0 Å². The van der Waals surface area contributed by atoms with Crippen molar-refractivity contribution in [2.24, 2.45) is 5.92 Å². The Morgan fingerprint density at radius 2 is 1.75 bits per heavy atom. The van der Waals surface area contributed by atoms with Crippen LogP contribution in [0.25, 0.3) is 0 Å². The Bertz CT molecular complexity index is 83.9. The van der Waals surface area contributed by atoms with Gasteiger partial charge in [-0.15, -0.1) is 0 Å². The average molecular weight is 260 g/mol. The molecule has 0 spiro atoms. The first-order valence-electron chi connectivity index (χ1n) is 4.95. The fourth-order valence-electron chi connectivity index (χ4n) is 1.18. The van der Waals surface area contributed by atoms with Gasteiger partial charge in [-0.25, -0.2) is 0 Å². The van der Waals surface area contributed by atoms with E-state index in [0.717, 1.165) is 5.92 Å². The number of unbranched alkanes of at least 4 members (excludes halogenated alkanes) is 1. The molecule has 0 heterocycles. The first-order chi connectivity index (χ1) is 5.16. The van der Waals surface area contributed by atoms with Crippen LogP contribution in [0, 0.1) is 5.92 Å².